The van der Waals surface area contributed by atoms with Crippen molar-refractivity contribution >= 4 is 11.9 Å². The van der Waals surface area contributed by atoms with Crippen molar-refractivity contribution in [2.24, 2.45) is 10.7 Å². The molecule has 2 aromatic rings. The third-order valence-electron chi connectivity index (χ3n) is 3.70. The molecule has 0 spiro atoms. The summed E-state index contributed by atoms with van der Waals surface area (Å²) >= 11 is 0. The molecule has 7 heteroatoms. The molecule has 26 heavy (non-hydrogen) atoms. The average molecular weight is 357 g/mol. The summed E-state index contributed by atoms with van der Waals surface area (Å²) in [4.78, 5) is 19.9. The summed E-state index contributed by atoms with van der Waals surface area (Å²) in [5, 5.41) is 6.40. The lowest BCUT2D eigenvalue weighted by Crippen LogP contribution is -2.36. The molecule has 2 rings (SSSR count). The maximum Gasteiger partial charge on any atom is 0.248 e. The Morgan fingerprint density at radius 3 is 2.46 bits per heavy atom. The smallest absolute Gasteiger partial charge is 0.248 e. The van der Waals surface area contributed by atoms with Crippen LogP contribution in [0.15, 0.2) is 39.9 Å². The van der Waals surface area contributed by atoms with Crippen LogP contribution >= 0.6 is 0 Å². The Morgan fingerprint density at radius 2 is 1.92 bits per heavy atom. The van der Waals surface area contributed by atoms with Gasteiger partial charge in [0.05, 0.1) is 19.3 Å². The fourth-order valence-corrected chi connectivity index (χ4v) is 2.18. The molecule has 0 fully saturated rings. The molecular weight excluding hydrogens is 330 g/mol. The lowest BCUT2D eigenvalue weighted by molar-refractivity contribution is 0.100. The predicted octanol–water partition coefficient (Wildman–Crippen LogP) is 2.33. The summed E-state index contributed by atoms with van der Waals surface area (Å²) < 4.78 is 5.77. The summed E-state index contributed by atoms with van der Waals surface area (Å²) in [5.74, 6) is 1.70. The fraction of sp³-hybridized carbons (Fsp3) is 0.421. The Bertz CT molecular complexity index is 757. The molecule has 7 nitrogen and oxygen atoms in total. The van der Waals surface area contributed by atoms with E-state index < -0.39 is 5.91 Å². The molecule has 140 valence electrons. The highest BCUT2D eigenvalue weighted by molar-refractivity contribution is 5.92. The molecule has 0 saturated heterocycles. The van der Waals surface area contributed by atoms with E-state index in [2.05, 4.69) is 41.4 Å². The molecule has 0 aliphatic rings. The highest BCUT2D eigenvalue weighted by atomic mass is 16.4. The van der Waals surface area contributed by atoms with Gasteiger partial charge in [-0.05, 0) is 24.6 Å². The van der Waals surface area contributed by atoms with Crippen LogP contribution in [0.4, 0.5) is 0 Å². The summed E-state index contributed by atoms with van der Waals surface area (Å²) in [7, 11) is 0. The van der Waals surface area contributed by atoms with Crippen molar-refractivity contribution < 1.29 is 9.21 Å². The first-order chi connectivity index (χ1) is 12.3. The van der Waals surface area contributed by atoms with E-state index in [1.807, 2.05) is 19.1 Å². The summed E-state index contributed by atoms with van der Waals surface area (Å²) in [6, 6.07) is 7.09. The summed E-state index contributed by atoms with van der Waals surface area (Å²) in [6.07, 6.45) is 1.77. The molecule has 0 radical (unpaired) electrons. The van der Waals surface area contributed by atoms with E-state index in [9.17, 15) is 4.79 Å². The number of carbonyl (C=O) groups excluding carboxylic acids is 1. The van der Waals surface area contributed by atoms with Crippen LogP contribution in [-0.4, -0.2) is 23.4 Å². The van der Waals surface area contributed by atoms with Crippen LogP contribution in [0.1, 0.15) is 55.3 Å². The third kappa shape index (κ3) is 5.61. The first-order valence-corrected chi connectivity index (χ1v) is 8.65. The minimum Gasteiger partial charge on any atom is -0.443 e. The number of oxazole rings is 1. The number of aliphatic imine (C=N–C) groups is 1. The zero-order chi connectivity index (χ0) is 19.2. The molecule has 4 N–H and O–H groups in total. The number of guanidine groups is 1. The second kappa shape index (κ2) is 8.51. The molecule has 1 amide bonds. The second-order valence-corrected chi connectivity index (χ2v) is 6.98. The Labute approximate surface area is 154 Å². The van der Waals surface area contributed by atoms with Crippen molar-refractivity contribution in [3.05, 3.63) is 53.2 Å². The van der Waals surface area contributed by atoms with Crippen LogP contribution < -0.4 is 16.4 Å². The van der Waals surface area contributed by atoms with Crippen LogP contribution in [0.5, 0.6) is 0 Å². The number of amides is 1. The van der Waals surface area contributed by atoms with Crippen LogP contribution in [0, 0.1) is 0 Å². The van der Waals surface area contributed by atoms with Gasteiger partial charge in [0, 0.05) is 17.5 Å². The van der Waals surface area contributed by atoms with Crippen molar-refractivity contribution in [2.75, 3.05) is 6.54 Å². The van der Waals surface area contributed by atoms with Gasteiger partial charge in [0.25, 0.3) is 0 Å². The van der Waals surface area contributed by atoms with E-state index in [1.54, 1.807) is 18.3 Å². The first-order valence-electron chi connectivity index (χ1n) is 8.65. The van der Waals surface area contributed by atoms with Crippen molar-refractivity contribution in [2.45, 2.75) is 46.2 Å². The molecular formula is C19H27N5O2. The Hall–Kier alpha value is -2.83. The number of benzene rings is 1. The van der Waals surface area contributed by atoms with E-state index >= 15 is 0 Å². The van der Waals surface area contributed by atoms with Crippen LogP contribution in [0.25, 0.3) is 0 Å². The van der Waals surface area contributed by atoms with Gasteiger partial charge in [-0.2, -0.15) is 0 Å². The van der Waals surface area contributed by atoms with E-state index in [-0.39, 0.29) is 5.41 Å². The van der Waals surface area contributed by atoms with Gasteiger partial charge in [-0.1, -0.05) is 32.9 Å². The number of hydrogen-bond acceptors (Lipinski definition) is 4. The molecule has 1 heterocycles. The molecule has 0 saturated carbocycles. The zero-order valence-electron chi connectivity index (χ0n) is 15.8. The summed E-state index contributed by atoms with van der Waals surface area (Å²) in [6.45, 7) is 9.92. The highest BCUT2D eigenvalue weighted by Gasteiger charge is 2.19. The second-order valence-electron chi connectivity index (χ2n) is 6.98. The average Bonchev–Trinajstić information content (AvgIpc) is 3.07. The van der Waals surface area contributed by atoms with Gasteiger partial charge in [0.1, 0.15) is 5.76 Å². The van der Waals surface area contributed by atoms with E-state index in [0.29, 0.717) is 30.5 Å². The van der Waals surface area contributed by atoms with E-state index in [0.717, 1.165) is 17.9 Å². The SMILES string of the molecule is CCNC(=NCc1ccc(C(N)=O)cc1)NCc1ncc(C(C)(C)C)o1. The van der Waals surface area contributed by atoms with Crippen molar-refractivity contribution in [1.82, 2.24) is 15.6 Å². The number of hydrogen-bond donors (Lipinski definition) is 3. The predicted molar refractivity (Wildman–Crippen MR) is 102 cm³/mol. The van der Waals surface area contributed by atoms with Crippen molar-refractivity contribution in [3.8, 4) is 0 Å². The van der Waals surface area contributed by atoms with Gasteiger partial charge in [0.15, 0.2) is 5.96 Å². The largest absolute Gasteiger partial charge is 0.443 e. The number of nitrogens with zero attached hydrogens (tertiary/aromatic N) is 2. The lowest BCUT2D eigenvalue weighted by Gasteiger charge is -2.13. The van der Waals surface area contributed by atoms with Crippen LogP contribution in [0.2, 0.25) is 0 Å². The van der Waals surface area contributed by atoms with Crippen molar-refractivity contribution in [1.29, 1.82) is 0 Å². The van der Waals surface area contributed by atoms with Gasteiger partial charge in [-0.25, -0.2) is 9.98 Å². The third-order valence-corrected chi connectivity index (χ3v) is 3.70. The van der Waals surface area contributed by atoms with Gasteiger partial charge in [-0.15, -0.1) is 0 Å². The normalized spacial score (nSPS) is 12.1. The topological polar surface area (TPSA) is 106 Å². The standard InChI is InChI=1S/C19H27N5O2/c1-5-21-18(23-10-13-6-8-14(9-7-13)17(20)25)24-12-16-22-11-15(26-16)19(2,3)4/h6-9,11H,5,10,12H2,1-4H3,(H2,20,25)(H2,21,23,24). The molecule has 1 aromatic carbocycles. The van der Waals surface area contributed by atoms with Gasteiger partial charge in [-0.3, -0.25) is 4.79 Å². The minimum atomic E-state index is -0.435. The maximum absolute atomic E-state index is 11.1. The molecule has 0 aliphatic carbocycles. The number of nitrogens with one attached hydrogen (secondary N) is 2. The first kappa shape index (κ1) is 19.5. The zero-order valence-corrected chi connectivity index (χ0v) is 15.8. The number of nitrogens with two attached hydrogens (primary N) is 1. The molecule has 0 atom stereocenters. The Balaban J connectivity index is 1.98. The van der Waals surface area contributed by atoms with Crippen LogP contribution in [-0.2, 0) is 18.5 Å². The number of rotatable bonds is 6. The highest BCUT2D eigenvalue weighted by Crippen LogP contribution is 2.22. The monoisotopic (exact) mass is 357 g/mol. The number of carbonyl (C=O) groups is 1. The number of primary amides is 1. The Morgan fingerprint density at radius 1 is 1.23 bits per heavy atom. The van der Waals surface area contributed by atoms with Gasteiger partial charge in [0.2, 0.25) is 11.8 Å². The van der Waals surface area contributed by atoms with E-state index in [4.69, 9.17) is 10.2 Å². The van der Waals surface area contributed by atoms with E-state index in [1.165, 1.54) is 0 Å². The lowest BCUT2D eigenvalue weighted by atomic mass is 9.94. The van der Waals surface area contributed by atoms with Gasteiger partial charge < -0.3 is 20.8 Å². The van der Waals surface area contributed by atoms with Crippen LogP contribution in [0.3, 0.4) is 0 Å². The molecule has 1 aromatic heterocycles. The Kier molecular flexibility index (Phi) is 6.38. The van der Waals surface area contributed by atoms with Crippen molar-refractivity contribution in [3.63, 3.8) is 0 Å². The van der Waals surface area contributed by atoms with Gasteiger partial charge >= 0.3 is 0 Å². The summed E-state index contributed by atoms with van der Waals surface area (Å²) in [5.41, 5.74) is 6.65. The molecule has 0 aliphatic heterocycles. The maximum atomic E-state index is 11.1. The molecule has 0 bridgehead atoms. The molecule has 0 unspecified atom stereocenters. The minimum absolute atomic E-state index is 0.0685. The quantitative estimate of drug-likeness (QED) is 0.543. The fourth-order valence-electron chi connectivity index (χ4n) is 2.18. The number of aromatic nitrogens is 1.